The Morgan fingerprint density at radius 2 is 1.05 bits per heavy atom. The van der Waals surface area contributed by atoms with Crippen LogP contribution in [-0.4, -0.2) is 9.97 Å². The summed E-state index contributed by atoms with van der Waals surface area (Å²) >= 11 is 4.74. The molecule has 0 spiro atoms. The summed E-state index contributed by atoms with van der Waals surface area (Å²) in [6.07, 6.45) is 5.28. The molecule has 0 atom stereocenters. The Bertz CT molecular complexity index is 1400. The molecule has 4 aromatic carbocycles. The first-order valence-electron chi connectivity index (χ1n) is 12.5. The van der Waals surface area contributed by atoms with Gasteiger partial charge in [-0.2, -0.15) is 0 Å². The van der Waals surface area contributed by atoms with E-state index in [9.17, 15) is 0 Å². The first-order chi connectivity index (χ1) is 20.8. The largest absolute Gasteiger partial charge is 0.265 e. The van der Waals surface area contributed by atoms with Gasteiger partial charge in [0.05, 0.1) is 0 Å². The molecule has 42 heavy (non-hydrogen) atoms. The van der Waals surface area contributed by atoms with Crippen molar-refractivity contribution in [3.8, 4) is 11.3 Å². The molecular weight excluding hydrogens is 801 g/mol. The molecule has 0 N–H and O–H groups in total. The molecule has 3 nitrogen and oxygen atoms in total. The number of hydrogen-bond donors (Lipinski definition) is 0. The van der Waals surface area contributed by atoms with Crippen LogP contribution in [0.4, 0.5) is 0 Å². The molecule has 7 heteroatoms. The minimum absolute atomic E-state index is 0.446. The van der Waals surface area contributed by atoms with Gasteiger partial charge in [-0.1, -0.05) is 130 Å². The molecule has 6 rings (SSSR count). The molecule has 0 amide bonds. The summed E-state index contributed by atoms with van der Waals surface area (Å²) in [4.78, 5) is 8.02. The van der Waals surface area contributed by atoms with E-state index in [1.165, 1.54) is 33.5 Å². The molecule has 2 aromatic heterocycles. The number of rotatable bonds is 4. The van der Waals surface area contributed by atoms with Crippen LogP contribution < -0.4 is 15.9 Å². The Kier molecular flexibility index (Phi) is 18.6. The zero-order valence-electron chi connectivity index (χ0n) is 22.4. The van der Waals surface area contributed by atoms with Gasteiger partial charge in [0.1, 0.15) is 0 Å². The van der Waals surface area contributed by atoms with E-state index in [1.807, 2.05) is 54.6 Å². The molecule has 6 aromatic rings. The van der Waals surface area contributed by atoms with Crippen LogP contribution in [0, 0.1) is 12.7 Å². The van der Waals surface area contributed by atoms with Crippen molar-refractivity contribution >= 4 is 49.4 Å². The summed E-state index contributed by atoms with van der Waals surface area (Å²) in [5.74, 6) is 0. The van der Waals surface area contributed by atoms with Gasteiger partial charge in [0.25, 0.3) is 0 Å². The van der Waals surface area contributed by atoms with E-state index in [-0.39, 0.29) is 0 Å². The van der Waals surface area contributed by atoms with Gasteiger partial charge < -0.3 is 4.98 Å². The Hall–Kier alpha value is -3.24. The van der Waals surface area contributed by atoms with Gasteiger partial charge in [-0.05, 0) is 47.7 Å². The summed E-state index contributed by atoms with van der Waals surface area (Å²) in [6.45, 7) is 4.50. The first-order valence-corrected chi connectivity index (χ1v) is 17.8. The minimum atomic E-state index is -0.446. The number of nitrogens with zero attached hydrogens (tertiary/aromatic N) is 2. The van der Waals surface area contributed by atoms with Crippen molar-refractivity contribution in [3.63, 3.8) is 0 Å². The number of hydrogen-bond acceptors (Lipinski definition) is 2. The van der Waals surface area contributed by atoms with Crippen LogP contribution in [0.15, 0.2) is 169 Å². The van der Waals surface area contributed by atoms with Gasteiger partial charge in [0, 0.05) is 18.6 Å². The molecule has 2 heterocycles. The van der Waals surface area contributed by atoms with Gasteiger partial charge in [-0.3, -0.25) is 4.98 Å². The number of benzene rings is 4. The van der Waals surface area contributed by atoms with Crippen LogP contribution in [0.2, 0.25) is 0 Å². The predicted molar refractivity (Wildman–Crippen MR) is 175 cm³/mol. The van der Waals surface area contributed by atoms with E-state index in [1.54, 1.807) is 18.6 Å². The molecule has 0 fully saturated rings. The van der Waals surface area contributed by atoms with Crippen molar-refractivity contribution in [2.45, 2.75) is 0 Å². The predicted octanol–water partition coefficient (Wildman–Crippen LogP) is 8.49. The van der Waals surface area contributed by atoms with Crippen LogP contribution in [0.25, 0.3) is 11.3 Å². The molecule has 0 saturated carbocycles. The van der Waals surface area contributed by atoms with E-state index in [0.29, 0.717) is 0 Å². The molecular formula is C35H27BrClN2OOsP-. The van der Waals surface area contributed by atoms with E-state index in [4.69, 9.17) is 4.65 Å². The summed E-state index contributed by atoms with van der Waals surface area (Å²) in [6, 6.07) is 52.9. The second-order valence-electron chi connectivity index (χ2n) is 8.00. The monoisotopic (exact) mass is 828 g/mol. The second kappa shape index (κ2) is 22.4. The summed E-state index contributed by atoms with van der Waals surface area (Å²) in [5.41, 5.74) is 1.96. The number of halogens is 2. The molecule has 0 radical (unpaired) electrons. The molecule has 0 aliphatic heterocycles. The van der Waals surface area contributed by atoms with E-state index < -0.39 is 7.92 Å². The van der Waals surface area contributed by atoms with Crippen molar-refractivity contribution < 1.29 is 22.3 Å². The Morgan fingerprint density at radius 3 is 1.40 bits per heavy atom. The van der Waals surface area contributed by atoms with Gasteiger partial charge >= 0.3 is 38.5 Å². The average Bonchev–Trinajstić information content (AvgIpc) is 3.10. The smallest absolute Gasteiger partial charge is 0.0267 e. The third-order valence-corrected chi connectivity index (χ3v) is 8.25. The minimum Gasteiger partial charge on any atom is -0.265 e. The topological polar surface area (TPSA) is 45.7 Å². The molecule has 0 bridgehead atoms. The fourth-order valence-electron chi connectivity index (χ4n) is 3.60. The zero-order chi connectivity index (χ0) is 30.3. The van der Waals surface area contributed by atoms with Crippen molar-refractivity contribution in [1.82, 2.24) is 9.97 Å². The first kappa shape index (κ1) is 35.0. The maximum absolute atomic E-state index is 7.50. The third-order valence-electron chi connectivity index (χ3n) is 5.31. The fraction of sp³-hybridized carbons (Fsp3) is 0. The Morgan fingerprint density at radius 1 is 0.619 bits per heavy atom. The fourth-order valence-corrected chi connectivity index (χ4v) is 6.27. The zero-order valence-corrected chi connectivity index (χ0v) is 28.2. The van der Waals surface area contributed by atoms with Crippen LogP contribution in [0.5, 0.6) is 0 Å². The maximum Gasteiger partial charge on any atom is 0.0267 e. The van der Waals surface area contributed by atoms with Gasteiger partial charge in [-0.15, -0.1) is 29.8 Å². The molecule has 0 aliphatic rings. The standard InChI is InChI=1S/C18H15P.C11H7BrN.C5H5N.CO.ClH.Os/c1-4-10-16(11-5-1)19(17-12-6-2-7-13-17)18-14-8-3-9-15-18;12-10-5-3-4-9(8-10)11-6-1-2-7-13-11;1-2-4-6-5-3-1;1-2;;/h1-15H;1-3,5-8H;1-5H;;1H;/q;-1;;;;+1/p-1. The molecule has 0 aliphatic carbocycles. The van der Waals surface area contributed by atoms with Crippen LogP contribution >= 0.6 is 33.5 Å². The Labute approximate surface area is 272 Å². The number of aromatic nitrogens is 2. The molecule has 0 saturated heterocycles. The van der Waals surface area contributed by atoms with Gasteiger partial charge in [0.2, 0.25) is 0 Å². The summed E-state index contributed by atoms with van der Waals surface area (Å²) in [5, 5.41) is 4.19. The molecule has 0 unspecified atom stereocenters. The van der Waals surface area contributed by atoms with E-state index in [2.05, 4.69) is 139 Å². The summed E-state index contributed by atoms with van der Waals surface area (Å²) < 4.78 is 8.55. The van der Waals surface area contributed by atoms with Gasteiger partial charge in [0.15, 0.2) is 0 Å². The number of pyridine rings is 2. The third kappa shape index (κ3) is 12.7. The van der Waals surface area contributed by atoms with Crippen LogP contribution in [0.1, 0.15) is 0 Å². The summed E-state index contributed by atoms with van der Waals surface area (Å²) in [7, 11) is 4.22. The van der Waals surface area contributed by atoms with E-state index >= 15 is 0 Å². The normalized spacial score (nSPS) is 9.19. The maximum atomic E-state index is 7.50. The van der Waals surface area contributed by atoms with Crippen molar-refractivity contribution in [3.05, 3.63) is 181 Å². The van der Waals surface area contributed by atoms with Crippen molar-refractivity contribution in [2.75, 3.05) is 0 Å². The van der Waals surface area contributed by atoms with Crippen LogP contribution in [0.3, 0.4) is 0 Å². The SMILES string of the molecule is Brc1cc[c-]c(-c2ccccn2)c1.[C-]#[O+].[Cl][Os].c1ccc(P(c2ccccc2)c2ccccc2)cc1.c1ccncc1. The molecule has 211 valence electrons. The van der Waals surface area contributed by atoms with Gasteiger partial charge in [-0.25, -0.2) is 0 Å². The average molecular weight is 828 g/mol. The van der Waals surface area contributed by atoms with Crippen LogP contribution in [-0.2, 0) is 22.3 Å². The van der Waals surface area contributed by atoms with Crippen molar-refractivity contribution in [2.24, 2.45) is 0 Å². The quantitative estimate of drug-likeness (QED) is 0.102. The van der Waals surface area contributed by atoms with Crippen molar-refractivity contribution in [1.29, 1.82) is 0 Å². The van der Waals surface area contributed by atoms with E-state index in [0.717, 1.165) is 15.7 Å². The Balaban J connectivity index is 0.000000231. The second-order valence-corrected chi connectivity index (χ2v) is 11.1.